The number of hydrogen-bond acceptors (Lipinski definition) is 5. The summed E-state index contributed by atoms with van der Waals surface area (Å²) in [5, 5.41) is 10.5. The number of carbonyl (C=O) groups excluding carboxylic acids is 1. The molecule has 18 heavy (non-hydrogen) atoms. The fourth-order valence-electron chi connectivity index (χ4n) is 1.82. The van der Waals surface area contributed by atoms with Gasteiger partial charge in [0.25, 0.3) is 5.69 Å². The van der Waals surface area contributed by atoms with Gasteiger partial charge in [0.1, 0.15) is 18.6 Å². The minimum atomic E-state index is -0.529. The number of pyridine rings is 1. The fourth-order valence-corrected chi connectivity index (χ4v) is 1.82. The summed E-state index contributed by atoms with van der Waals surface area (Å²) in [5.74, 6) is 0.593. The van der Waals surface area contributed by atoms with E-state index < -0.39 is 11.0 Å². The number of nitro groups is 1. The Morgan fingerprint density at radius 1 is 1.56 bits per heavy atom. The van der Waals surface area contributed by atoms with Crippen LogP contribution in [0.5, 0.6) is 0 Å². The molecule has 96 valence electrons. The molecule has 0 spiro atoms. The van der Waals surface area contributed by atoms with Crippen LogP contribution in [0.4, 0.5) is 16.3 Å². The summed E-state index contributed by atoms with van der Waals surface area (Å²) in [5.41, 5.74) is -0.104. The van der Waals surface area contributed by atoms with Crippen molar-refractivity contribution in [1.29, 1.82) is 0 Å². The number of rotatable bonds is 3. The molecule has 0 aromatic carbocycles. The number of nitrogens with zero attached hydrogens (tertiary/aromatic N) is 3. The van der Waals surface area contributed by atoms with Gasteiger partial charge in [0, 0.05) is 6.07 Å². The molecule has 1 aromatic heterocycles. The number of anilines is 1. The minimum absolute atomic E-state index is 0.0912. The van der Waals surface area contributed by atoms with Crippen molar-refractivity contribution in [1.82, 2.24) is 4.98 Å². The Balaban J connectivity index is 2.29. The molecule has 1 saturated heterocycles. The third kappa shape index (κ3) is 2.11. The van der Waals surface area contributed by atoms with E-state index in [1.807, 2.05) is 13.8 Å². The van der Waals surface area contributed by atoms with Gasteiger partial charge in [-0.3, -0.25) is 15.0 Å². The average Bonchev–Trinajstić information content (AvgIpc) is 2.71. The van der Waals surface area contributed by atoms with Crippen LogP contribution in [0.2, 0.25) is 0 Å². The van der Waals surface area contributed by atoms with Crippen molar-refractivity contribution in [2.45, 2.75) is 19.9 Å². The molecule has 0 saturated carbocycles. The largest absolute Gasteiger partial charge is 0.447 e. The lowest BCUT2D eigenvalue weighted by Gasteiger charge is -2.22. The zero-order valence-corrected chi connectivity index (χ0v) is 10.1. The highest BCUT2D eigenvalue weighted by molar-refractivity contribution is 5.89. The van der Waals surface area contributed by atoms with Crippen LogP contribution in [-0.2, 0) is 4.74 Å². The zero-order valence-electron chi connectivity index (χ0n) is 10.1. The van der Waals surface area contributed by atoms with Crippen LogP contribution in [0.15, 0.2) is 18.3 Å². The number of cyclic esters (lactones) is 1. The van der Waals surface area contributed by atoms with Gasteiger partial charge in [0.2, 0.25) is 0 Å². The van der Waals surface area contributed by atoms with Crippen LogP contribution in [0.3, 0.4) is 0 Å². The second-order valence-corrected chi connectivity index (χ2v) is 4.39. The number of amides is 1. The van der Waals surface area contributed by atoms with Crippen molar-refractivity contribution in [2.75, 3.05) is 11.5 Å². The van der Waals surface area contributed by atoms with Gasteiger partial charge in [-0.15, -0.1) is 0 Å². The molecule has 1 aliphatic heterocycles. The first-order valence-corrected chi connectivity index (χ1v) is 5.57. The second-order valence-electron chi connectivity index (χ2n) is 4.39. The van der Waals surface area contributed by atoms with E-state index >= 15 is 0 Å². The first-order valence-electron chi connectivity index (χ1n) is 5.57. The molecule has 0 bridgehead atoms. The van der Waals surface area contributed by atoms with Crippen LogP contribution < -0.4 is 4.90 Å². The van der Waals surface area contributed by atoms with E-state index in [-0.39, 0.29) is 17.6 Å². The molecule has 7 nitrogen and oxygen atoms in total. The van der Waals surface area contributed by atoms with Crippen molar-refractivity contribution in [3.63, 3.8) is 0 Å². The summed E-state index contributed by atoms with van der Waals surface area (Å²) in [6, 6.07) is 2.69. The van der Waals surface area contributed by atoms with E-state index in [1.54, 1.807) is 0 Å². The van der Waals surface area contributed by atoms with Gasteiger partial charge in [0.15, 0.2) is 0 Å². The summed E-state index contributed by atoms with van der Waals surface area (Å²) in [4.78, 5) is 27.0. The Kier molecular flexibility index (Phi) is 3.14. The van der Waals surface area contributed by atoms with Gasteiger partial charge in [-0.1, -0.05) is 13.8 Å². The molecule has 2 heterocycles. The second kappa shape index (κ2) is 4.59. The van der Waals surface area contributed by atoms with Gasteiger partial charge in [-0.2, -0.15) is 0 Å². The zero-order chi connectivity index (χ0) is 13.3. The predicted octanol–water partition coefficient (Wildman–Crippen LogP) is 1.97. The number of hydrogen-bond donors (Lipinski definition) is 0. The Morgan fingerprint density at radius 2 is 2.28 bits per heavy atom. The minimum Gasteiger partial charge on any atom is -0.447 e. The van der Waals surface area contributed by atoms with E-state index in [0.29, 0.717) is 12.4 Å². The highest BCUT2D eigenvalue weighted by Gasteiger charge is 2.37. The average molecular weight is 251 g/mol. The molecule has 1 unspecified atom stereocenters. The number of aromatic nitrogens is 1. The molecule has 7 heteroatoms. The van der Waals surface area contributed by atoms with Gasteiger partial charge < -0.3 is 4.74 Å². The smallest absolute Gasteiger partial charge is 0.415 e. The topological polar surface area (TPSA) is 85.6 Å². The lowest BCUT2D eigenvalue weighted by atomic mass is 10.0. The Labute approximate surface area is 104 Å². The lowest BCUT2D eigenvalue weighted by molar-refractivity contribution is -0.385. The fraction of sp³-hybridized carbons (Fsp3) is 0.455. The molecule has 0 N–H and O–H groups in total. The summed E-state index contributed by atoms with van der Waals surface area (Å²) < 4.78 is 4.98. The quantitative estimate of drug-likeness (QED) is 0.605. The maximum absolute atomic E-state index is 11.6. The van der Waals surface area contributed by atoms with Gasteiger partial charge in [-0.25, -0.2) is 9.78 Å². The summed E-state index contributed by atoms with van der Waals surface area (Å²) >= 11 is 0. The Morgan fingerprint density at radius 3 is 2.78 bits per heavy atom. The van der Waals surface area contributed by atoms with Crippen molar-refractivity contribution in [3.8, 4) is 0 Å². The van der Waals surface area contributed by atoms with Gasteiger partial charge in [0.05, 0.1) is 11.0 Å². The van der Waals surface area contributed by atoms with E-state index in [0.717, 1.165) is 6.20 Å². The van der Waals surface area contributed by atoms with E-state index in [2.05, 4.69) is 4.98 Å². The van der Waals surface area contributed by atoms with Crippen molar-refractivity contribution >= 4 is 17.6 Å². The summed E-state index contributed by atoms with van der Waals surface area (Å²) in [7, 11) is 0. The van der Waals surface area contributed by atoms with Gasteiger partial charge in [-0.05, 0) is 12.0 Å². The monoisotopic (exact) mass is 251 g/mol. The van der Waals surface area contributed by atoms with E-state index in [4.69, 9.17) is 4.74 Å². The van der Waals surface area contributed by atoms with Crippen molar-refractivity contribution in [2.24, 2.45) is 5.92 Å². The lowest BCUT2D eigenvalue weighted by Crippen LogP contribution is -2.37. The summed E-state index contributed by atoms with van der Waals surface area (Å²) in [6.07, 6.45) is 0.674. The van der Waals surface area contributed by atoms with Crippen molar-refractivity contribution < 1.29 is 14.5 Å². The standard InChI is InChI=1S/C11H13N3O4/c1-7(2)9-6-18-11(15)13(9)10-4-3-8(5-12-10)14(16)17/h3-5,7,9H,6H2,1-2H3. The molecule has 0 radical (unpaired) electrons. The van der Waals surface area contributed by atoms with Crippen molar-refractivity contribution in [3.05, 3.63) is 28.4 Å². The van der Waals surface area contributed by atoms with Gasteiger partial charge >= 0.3 is 6.09 Å². The molecular weight excluding hydrogens is 238 g/mol. The third-order valence-electron chi connectivity index (χ3n) is 2.87. The SMILES string of the molecule is CC(C)C1COC(=O)N1c1ccc([N+](=O)[O-])cn1. The number of carbonyl (C=O) groups is 1. The maximum atomic E-state index is 11.6. The highest BCUT2D eigenvalue weighted by atomic mass is 16.6. The number of ether oxygens (including phenoxy) is 1. The molecular formula is C11H13N3O4. The maximum Gasteiger partial charge on any atom is 0.415 e. The van der Waals surface area contributed by atoms with E-state index in [9.17, 15) is 14.9 Å². The van der Waals surface area contributed by atoms with Crippen LogP contribution in [0.25, 0.3) is 0 Å². The van der Waals surface area contributed by atoms with Crippen LogP contribution in [-0.4, -0.2) is 28.6 Å². The molecule has 2 rings (SSSR count). The van der Waals surface area contributed by atoms with Crippen LogP contribution >= 0.6 is 0 Å². The Hall–Kier alpha value is -2.18. The molecule has 1 aliphatic rings. The summed E-state index contributed by atoms with van der Waals surface area (Å²) in [6.45, 7) is 4.27. The molecule has 0 aliphatic carbocycles. The highest BCUT2D eigenvalue weighted by Crippen LogP contribution is 2.26. The van der Waals surface area contributed by atoms with Crippen LogP contribution in [0.1, 0.15) is 13.8 Å². The molecule has 1 aromatic rings. The Bertz CT molecular complexity index is 472. The predicted molar refractivity (Wildman–Crippen MR) is 63.3 cm³/mol. The van der Waals surface area contributed by atoms with E-state index in [1.165, 1.54) is 17.0 Å². The molecule has 1 atom stereocenters. The third-order valence-corrected chi connectivity index (χ3v) is 2.87. The normalized spacial score (nSPS) is 19.2. The molecule has 1 fully saturated rings. The first kappa shape index (κ1) is 12.3. The van der Waals surface area contributed by atoms with Crippen LogP contribution in [0, 0.1) is 16.0 Å². The first-order chi connectivity index (χ1) is 8.50. The molecule has 1 amide bonds.